The molecule has 0 spiro atoms. The zero-order valence-corrected chi connectivity index (χ0v) is 16.7. The van der Waals surface area contributed by atoms with Gasteiger partial charge in [-0.1, -0.05) is 0 Å². The molecular weight excluding hydrogens is 414 g/mol. The summed E-state index contributed by atoms with van der Waals surface area (Å²) in [7, 11) is 0. The van der Waals surface area contributed by atoms with Crippen LogP contribution >= 0.6 is 18.6 Å². The summed E-state index contributed by atoms with van der Waals surface area (Å²) < 4.78 is 1.59. The van der Waals surface area contributed by atoms with Crippen molar-refractivity contribution < 1.29 is 0 Å². The molecule has 0 aliphatic rings. The molecule has 0 nitrogen and oxygen atoms in total. The van der Waals surface area contributed by atoms with Crippen molar-refractivity contribution in [2.24, 2.45) is 0 Å². The van der Waals surface area contributed by atoms with Gasteiger partial charge in [-0.15, -0.1) is 0 Å². The summed E-state index contributed by atoms with van der Waals surface area (Å²) in [5.74, 6) is 0. The molecule has 16 heavy (non-hydrogen) atoms. The first-order valence-corrected chi connectivity index (χ1v) is 23.3. The van der Waals surface area contributed by atoms with Gasteiger partial charge in [-0.3, -0.25) is 0 Å². The number of hydrogen-bond acceptors (Lipinski definition) is 0. The Bertz CT molecular complexity index is 140. The Morgan fingerprint density at radius 3 is 1.44 bits per heavy atom. The first kappa shape index (κ1) is 17.5. The molecule has 0 aliphatic heterocycles. The molecule has 0 fully saturated rings. The zero-order chi connectivity index (χ0) is 12.3. The quantitative estimate of drug-likeness (QED) is 0.192. The van der Waals surface area contributed by atoms with Gasteiger partial charge >= 0.3 is 118 Å². The normalized spacial score (nSPS) is 12.0. The van der Waals surface area contributed by atoms with Gasteiger partial charge in [-0.05, 0) is 0 Å². The molecule has 0 bridgehead atoms. The van der Waals surface area contributed by atoms with Crippen LogP contribution in [0, 0.1) is 0 Å². The molecule has 2 heteroatoms. The van der Waals surface area contributed by atoms with Gasteiger partial charge in [0.15, 0.2) is 0 Å². The predicted octanol–water partition coefficient (Wildman–Crippen LogP) is 6.55. The topological polar surface area (TPSA) is 0 Å². The average molecular weight is 445 g/mol. The molecule has 0 atom stereocenters. The molecular formula is C14H31ISn. The van der Waals surface area contributed by atoms with Crippen LogP contribution in [0.25, 0.3) is 0 Å². The van der Waals surface area contributed by atoms with Crippen molar-refractivity contribution >= 4 is 33.0 Å². The van der Waals surface area contributed by atoms with Gasteiger partial charge in [0, 0.05) is 0 Å². The van der Waals surface area contributed by atoms with Crippen molar-refractivity contribution in [1.29, 1.82) is 0 Å². The van der Waals surface area contributed by atoms with Crippen molar-refractivity contribution in [3.8, 4) is 0 Å². The van der Waals surface area contributed by atoms with E-state index in [1.165, 1.54) is 64.2 Å². The van der Waals surface area contributed by atoms with E-state index in [2.05, 4.69) is 35.4 Å². The van der Waals surface area contributed by atoms with E-state index in [-0.39, 0.29) is 0 Å². The summed E-state index contributed by atoms with van der Waals surface area (Å²) in [5, 5.41) is 0. The summed E-state index contributed by atoms with van der Waals surface area (Å²) in [6.45, 7) is 2.29. The van der Waals surface area contributed by atoms with Crippen LogP contribution in [0.2, 0.25) is 14.3 Å². The second-order valence-electron chi connectivity index (χ2n) is 5.65. The Morgan fingerprint density at radius 2 is 1.06 bits per heavy atom. The number of unbranched alkanes of at least 4 members (excludes halogenated alkanes) is 9. The Labute approximate surface area is 117 Å². The van der Waals surface area contributed by atoms with Crippen LogP contribution in [0.15, 0.2) is 0 Å². The third-order valence-corrected chi connectivity index (χ3v) is 11.1. The fraction of sp³-hybridized carbons (Fsp3) is 1.00. The minimum absolute atomic E-state index is 1.37. The van der Waals surface area contributed by atoms with E-state index < -0.39 is 14.4 Å². The summed E-state index contributed by atoms with van der Waals surface area (Å²) in [6, 6.07) is 0. The first-order chi connectivity index (χ1) is 7.56. The molecule has 0 N–H and O–H groups in total. The van der Waals surface area contributed by atoms with E-state index in [0.717, 1.165) is 0 Å². The van der Waals surface area contributed by atoms with Gasteiger partial charge in [0.25, 0.3) is 0 Å². The number of halogens is 1. The standard InChI is InChI=1S/C12H25.2CH3.HI.Sn/c1-3-5-7-9-11-12-10-8-6-4-2;;;;/h1,3-12H2,2H3;2*1H3;1H;/q;;;;+1/p-1. The summed E-state index contributed by atoms with van der Waals surface area (Å²) in [4.78, 5) is 5.09. The van der Waals surface area contributed by atoms with E-state index in [1.807, 2.05) is 0 Å². The molecule has 0 heterocycles. The molecule has 98 valence electrons. The molecule has 0 aliphatic carbocycles. The molecule has 0 saturated heterocycles. The Kier molecular flexibility index (Phi) is 12.7. The van der Waals surface area contributed by atoms with Gasteiger partial charge in [0.2, 0.25) is 0 Å². The van der Waals surface area contributed by atoms with Crippen molar-refractivity contribution in [3.05, 3.63) is 0 Å². The van der Waals surface area contributed by atoms with Crippen molar-refractivity contribution in [2.45, 2.75) is 85.4 Å². The van der Waals surface area contributed by atoms with E-state index in [9.17, 15) is 0 Å². The van der Waals surface area contributed by atoms with E-state index in [0.29, 0.717) is 0 Å². The predicted molar refractivity (Wildman–Crippen MR) is 88.2 cm³/mol. The van der Waals surface area contributed by atoms with Gasteiger partial charge in [0.05, 0.1) is 0 Å². The molecule has 0 unspecified atom stereocenters. The maximum absolute atomic E-state index is 2.77. The summed E-state index contributed by atoms with van der Waals surface area (Å²) in [5.41, 5.74) is 0. The van der Waals surface area contributed by atoms with Crippen LogP contribution in [-0.2, 0) is 0 Å². The van der Waals surface area contributed by atoms with Gasteiger partial charge in [0.1, 0.15) is 0 Å². The van der Waals surface area contributed by atoms with E-state index >= 15 is 0 Å². The van der Waals surface area contributed by atoms with Crippen LogP contribution in [0.4, 0.5) is 0 Å². The second-order valence-corrected chi connectivity index (χ2v) is 36.5. The van der Waals surface area contributed by atoms with Crippen LogP contribution in [0.5, 0.6) is 0 Å². The van der Waals surface area contributed by atoms with E-state index in [4.69, 9.17) is 0 Å². The monoisotopic (exact) mass is 446 g/mol. The third kappa shape index (κ3) is 15.5. The number of rotatable bonds is 11. The van der Waals surface area contributed by atoms with Gasteiger partial charge in [-0.25, -0.2) is 0 Å². The zero-order valence-electron chi connectivity index (χ0n) is 11.7. The van der Waals surface area contributed by atoms with Crippen LogP contribution in [0.3, 0.4) is 0 Å². The Balaban J connectivity index is 2.99. The summed E-state index contributed by atoms with van der Waals surface area (Å²) >= 11 is 1.34. The van der Waals surface area contributed by atoms with Crippen molar-refractivity contribution in [1.82, 2.24) is 0 Å². The molecule has 0 saturated carbocycles. The maximum atomic E-state index is 2.77. The SMILES string of the molecule is CCCCCCCCCCC[CH2][Sn]([CH3])([CH3])[I]. The minimum atomic E-state index is -1.44. The van der Waals surface area contributed by atoms with Crippen molar-refractivity contribution in [2.75, 3.05) is 0 Å². The Hall–Kier alpha value is 1.53. The second kappa shape index (κ2) is 11.6. The molecule has 0 aromatic heterocycles. The fourth-order valence-electron chi connectivity index (χ4n) is 2.03. The fourth-order valence-corrected chi connectivity index (χ4v) is 7.70. The van der Waals surface area contributed by atoms with Gasteiger partial charge < -0.3 is 0 Å². The van der Waals surface area contributed by atoms with Crippen LogP contribution in [-0.4, -0.2) is 14.4 Å². The van der Waals surface area contributed by atoms with Crippen LogP contribution in [0.1, 0.15) is 71.1 Å². The molecule has 0 amide bonds. The molecule has 0 aromatic carbocycles. The number of hydrogen-bond donors (Lipinski definition) is 0. The first-order valence-electron chi connectivity index (χ1n) is 7.25. The third-order valence-electron chi connectivity index (χ3n) is 3.12. The summed E-state index contributed by atoms with van der Waals surface area (Å²) in [6.07, 6.45) is 14.7. The molecule has 0 radical (unpaired) electrons. The average Bonchev–Trinajstić information content (AvgIpc) is 2.19. The Morgan fingerprint density at radius 1 is 0.688 bits per heavy atom. The van der Waals surface area contributed by atoms with Crippen molar-refractivity contribution in [3.63, 3.8) is 0 Å². The molecule has 0 rings (SSSR count). The van der Waals surface area contributed by atoms with Crippen LogP contribution < -0.4 is 0 Å². The van der Waals surface area contributed by atoms with Gasteiger partial charge in [-0.2, -0.15) is 0 Å². The molecule has 0 aromatic rings. The van der Waals surface area contributed by atoms with E-state index in [1.54, 1.807) is 4.44 Å².